The first-order valence-electron chi connectivity index (χ1n) is 9.22. The molecule has 0 saturated heterocycles. The van der Waals surface area contributed by atoms with Crippen LogP contribution in [-0.2, 0) is 10.0 Å². The van der Waals surface area contributed by atoms with Gasteiger partial charge in [-0.3, -0.25) is 4.79 Å². The lowest BCUT2D eigenvalue weighted by molar-refractivity contribution is 0.102. The third-order valence-electron chi connectivity index (χ3n) is 4.17. The van der Waals surface area contributed by atoms with E-state index in [-0.39, 0.29) is 10.8 Å². The van der Waals surface area contributed by atoms with Crippen molar-refractivity contribution in [3.8, 4) is 5.69 Å². The van der Waals surface area contributed by atoms with Gasteiger partial charge in [0.2, 0.25) is 10.0 Å². The van der Waals surface area contributed by atoms with Crippen LogP contribution >= 0.6 is 15.9 Å². The van der Waals surface area contributed by atoms with Gasteiger partial charge in [0.25, 0.3) is 5.91 Å². The van der Waals surface area contributed by atoms with E-state index >= 15 is 0 Å². The first kappa shape index (κ1) is 22.2. The molecule has 0 aliphatic carbocycles. The van der Waals surface area contributed by atoms with Crippen molar-refractivity contribution in [2.24, 2.45) is 0 Å². The van der Waals surface area contributed by atoms with Crippen molar-refractivity contribution < 1.29 is 13.2 Å². The standard InChI is InChI=1S/C21H23BrN4O3S/c1-14-19(13-23-26(14)17-10-8-15(22)9-11-17)20(27)24-16-6-5-7-18(12-16)30(28,29)25-21(2,3)4/h5-13,25H,1-4H3,(H,24,27). The van der Waals surface area contributed by atoms with Gasteiger partial charge in [-0.05, 0) is 70.2 Å². The maximum atomic E-state index is 12.8. The number of carbonyl (C=O) groups is 1. The molecule has 0 saturated carbocycles. The quantitative estimate of drug-likeness (QED) is 0.558. The second-order valence-corrected chi connectivity index (χ2v) is 10.5. The molecule has 0 aliphatic rings. The van der Waals surface area contributed by atoms with E-state index in [2.05, 4.69) is 31.1 Å². The molecule has 30 heavy (non-hydrogen) atoms. The molecule has 1 aromatic heterocycles. The van der Waals surface area contributed by atoms with Gasteiger partial charge in [-0.1, -0.05) is 22.0 Å². The predicted octanol–water partition coefficient (Wildman–Crippen LogP) is 4.27. The third kappa shape index (κ3) is 5.16. The second kappa shape index (κ2) is 8.33. The number of rotatable bonds is 5. The van der Waals surface area contributed by atoms with Gasteiger partial charge in [0, 0.05) is 15.7 Å². The highest BCUT2D eigenvalue weighted by atomic mass is 79.9. The molecule has 1 heterocycles. The molecule has 3 rings (SSSR count). The van der Waals surface area contributed by atoms with Gasteiger partial charge in [-0.15, -0.1) is 0 Å². The van der Waals surface area contributed by atoms with Crippen molar-refractivity contribution in [2.75, 3.05) is 5.32 Å². The van der Waals surface area contributed by atoms with Gasteiger partial charge >= 0.3 is 0 Å². The number of aromatic nitrogens is 2. The highest BCUT2D eigenvalue weighted by molar-refractivity contribution is 9.10. The molecule has 0 atom stereocenters. The van der Waals surface area contributed by atoms with Gasteiger partial charge < -0.3 is 5.32 Å². The van der Waals surface area contributed by atoms with Gasteiger partial charge in [-0.25, -0.2) is 17.8 Å². The zero-order chi connectivity index (χ0) is 22.1. The minimum atomic E-state index is -3.71. The summed E-state index contributed by atoms with van der Waals surface area (Å²) >= 11 is 3.40. The molecule has 0 fully saturated rings. The summed E-state index contributed by atoms with van der Waals surface area (Å²) in [6, 6.07) is 13.7. The minimum Gasteiger partial charge on any atom is -0.322 e. The van der Waals surface area contributed by atoms with Crippen LogP contribution in [0.25, 0.3) is 5.69 Å². The third-order valence-corrected chi connectivity index (χ3v) is 6.45. The Morgan fingerprint density at radius 3 is 2.40 bits per heavy atom. The fourth-order valence-corrected chi connectivity index (χ4v) is 4.60. The van der Waals surface area contributed by atoms with Crippen molar-refractivity contribution in [2.45, 2.75) is 38.1 Å². The highest BCUT2D eigenvalue weighted by Gasteiger charge is 2.22. The van der Waals surface area contributed by atoms with E-state index in [9.17, 15) is 13.2 Å². The van der Waals surface area contributed by atoms with Crippen molar-refractivity contribution in [3.05, 3.63) is 70.5 Å². The normalized spacial score (nSPS) is 12.0. The van der Waals surface area contributed by atoms with Crippen molar-refractivity contribution in [3.63, 3.8) is 0 Å². The van der Waals surface area contributed by atoms with E-state index in [0.717, 1.165) is 10.2 Å². The Morgan fingerprint density at radius 2 is 1.77 bits per heavy atom. The van der Waals surface area contributed by atoms with Crippen LogP contribution in [0.15, 0.2) is 64.1 Å². The molecule has 0 aliphatic heterocycles. The zero-order valence-corrected chi connectivity index (χ0v) is 19.5. The molecule has 158 valence electrons. The average Bonchev–Trinajstić information content (AvgIpc) is 3.02. The fourth-order valence-electron chi connectivity index (χ4n) is 2.88. The van der Waals surface area contributed by atoms with E-state index in [0.29, 0.717) is 16.9 Å². The Labute approximate surface area is 184 Å². The van der Waals surface area contributed by atoms with Gasteiger partial charge in [0.15, 0.2) is 0 Å². The van der Waals surface area contributed by atoms with Crippen LogP contribution in [-0.4, -0.2) is 29.6 Å². The molecule has 2 N–H and O–H groups in total. The molecule has 2 aromatic carbocycles. The summed E-state index contributed by atoms with van der Waals surface area (Å²) in [6.45, 7) is 7.10. The van der Waals surface area contributed by atoms with Crippen molar-refractivity contribution >= 4 is 37.5 Å². The van der Waals surface area contributed by atoms with Gasteiger partial charge in [-0.2, -0.15) is 5.10 Å². The maximum Gasteiger partial charge on any atom is 0.259 e. The lowest BCUT2D eigenvalue weighted by Crippen LogP contribution is -2.40. The molecule has 3 aromatic rings. The number of hydrogen-bond acceptors (Lipinski definition) is 4. The van der Waals surface area contributed by atoms with E-state index in [1.165, 1.54) is 18.3 Å². The number of benzene rings is 2. The summed E-state index contributed by atoms with van der Waals surface area (Å²) in [6.07, 6.45) is 1.49. The first-order valence-corrected chi connectivity index (χ1v) is 11.5. The Balaban J connectivity index is 1.83. The lowest BCUT2D eigenvalue weighted by atomic mass is 10.1. The first-order chi connectivity index (χ1) is 14.0. The van der Waals surface area contributed by atoms with Crippen molar-refractivity contribution in [1.82, 2.24) is 14.5 Å². The monoisotopic (exact) mass is 490 g/mol. The van der Waals surface area contributed by atoms with Gasteiger partial charge in [0.05, 0.1) is 28.0 Å². The van der Waals surface area contributed by atoms with Gasteiger partial charge in [0.1, 0.15) is 0 Å². The van der Waals surface area contributed by atoms with E-state index in [4.69, 9.17) is 0 Å². The summed E-state index contributed by atoms with van der Waals surface area (Å²) in [4.78, 5) is 12.9. The van der Waals surface area contributed by atoms with Crippen LogP contribution in [0.5, 0.6) is 0 Å². The average molecular weight is 491 g/mol. The minimum absolute atomic E-state index is 0.0810. The topological polar surface area (TPSA) is 93.1 Å². The molecule has 0 bridgehead atoms. The van der Waals surface area contributed by atoms with E-state index in [1.54, 1.807) is 44.5 Å². The highest BCUT2D eigenvalue weighted by Crippen LogP contribution is 2.20. The summed E-state index contributed by atoms with van der Waals surface area (Å²) in [5.41, 5.74) is 1.67. The van der Waals surface area contributed by atoms with Crippen LogP contribution in [0.4, 0.5) is 5.69 Å². The van der Waals surface area contributed by atoms with Crippen LogP contribution in [0.2, 0.25) is 0 Å². The summed E-state index contributed by atoms with van der Waals surface area (Å²) in [5.74, 6) is -0.366. The molecule has 0 spiro atoms. The zero-order valence-electron chi connectivity index (χ0n) is 17.1. The number of amides is 1. The Morgan fingerprint density at radius 1 is 1.10 bits per heavy atom. The number of anilines is 1. The SMILES string of the molecule is Cc1c(C(=O)Nc2cccc(S(=O)(=O)NC(C)(C)C)c2)cnn1-c1ccc(Br)cc1. The second-order valence-electron chi connectivity index (χ2n) is 7.87. The van der Waals surface area contributed by atoms with Crippen LogP contribution in [0.1, 0.15) is 36.8 Å². The molecule has 0 radical (unpaired) electrons. The Kier molecular flexibility index (Phi) is 6.16. The predicted molar refractivity (Wildman–Crippen MR) is 120 cm³/mol. The summed E-state index contributed by atoms with van der Waals surface area (Å²) in [7, 11) is -3.71. The number of nitrogens with zero attached hydrogens (tertiary/aromatic N) is 2. The van der Waals surface area contributed by atoms with E-state index in [1.807, 2.05) is 24.3 Å². The molecule has 7 nitrogen and oxygen atoms in total. The number of carbonyl (C=O) groups excluding carboxylic acids is 1. The van der Waals surface area contributed by atoms with Crippen LogP contribution < -0.4 is 10.0 Å². The molecule has 1 amide bonds. The number of halogens is 1. The maximum absolute atomic E-state index is 12.8. The fraction of sp³-hybridized carbons (Fsp3) is 0.238. The van der Waals surface area contributed by atoms with E-state index < -0.39 is 15.6 Å². The van der Waals surface area contributed by atoms with Crippen LogP contribution in [0, 0.1) is 6.92 Å². The van der Waals surface area contributed by atoms with Crippen LogP contribution in [0.3, 0.4) is 0 Å². The lowest BCUT2D eigenvalue weighted by Gasteiger charge is -2.20. The Bertz CT molecular complexity index is 1180. The van der Waals surface area contributed by atoms with Crippen molar-refractivity contribution in [1.29, 1.82) is 0 Å². The smallest absolute Gasteiger partial charge is 0.259 e. The number of nitrogens with one attached hydrogen (secondary N) is 2. The molecule has 9 heteroatoms. The largest absolute Gasteiger partial charge is 0.322 e. The molecular weight excluding hydrogens is 468 g/mol. The number of hydrogen-bond donors (Lipinski definition) is 2. The molecule has 0 unspecified atom stereocenters. The molecular formula is C21H23BrN4O3S. The Hall–Kier alpha value is -2.49. The summed E-state index contributed by atoms with van der Waals surface area (Å²) in [5, 5.41) is 7.07. The summed E-state index contributed by atoms with van der Waals surface area (Å²) < 4.78 is 30.3. The number of sulfonamides is 1.